The first-order valence-corrected chi connectivity index (χ1v) is 7.96. The second kappa shape index (κ2) is 6.55. The van der Waals surface area contributed by atoms with Crippen LogP contribution in [0.15, 0.2) is 24.5 Å². The van der Waals surface area contributed by atoms with E-state index in [2.05, 4.69) is 28.1 Å². The fourth-order valence-corrected chi connectivity index (χ4v) is 3.70. The molecule has 2 saturated heterocycles. The highest BCUT2D eigenvalue weighted by Crippen LogP contribution is 2.39. The van der Waals surface area contributed by atoms with Crippen LogP contribution < -0.4 is 0 Å². The van der Waals surface area contributed by atoms with Gasteiger partial charge in [0.1, 0.15) is 0 Å². The van der Waals surface area contributed by atoms with Crippen LogP contribution in [0, 0.1) is 11.3 Å². The Hall–Kier alpha value is -1.44. The van der Waals surface area contributed by atoms with E-state index in [1.807, 2.05) is 12.4 Å². The van der Waals surface area contributed by atoms with E-state index < -0.39 is 0 Å². The number of rotatable bonds is 4. The number of hydrogen-bond donors (Lipinski definition) is 0. The third-order valence-corrected chi connectivity index (χ3v) is 4.69. The average Bonchev–Trinajstić information content (AvgIpc) is 2.89. The monoisotopic (exact) mass is 285 g/mol. The zero-order chi connectivity index (χ0) is 14.5. The molecule has 3 rings (SSSR count). The molecule has 112 valence electrons. The molecule has 2 aliphatic heterocycles. The summed E-state index contributed by atoms with van der Waals surface area (Å²) in [4.78, 5) is 6.58. The van der Waals surface area contributed by atoms with Gasteiger partial charge < -0.3 is 4.74 Å². The van der Waals surface area contributed by atoms with Crippen molar-refractivity contribution in [2.75, 3.05) is 13.1 Å². The number of ether oxygens (including phenoxy) is 1. The Morgan fingerprint density at radius 1 is 1.38 bits per heavy atom. The van der Waals surface area contributed by atoms with Gasteiger partial charge in [0.05, 0.1) is 17.8 Å². The van der Waals surface area contributed by atoms with Crippen molar-refractivity contribution in [2.45, 2.75) is 56.8 Å². The number of nitrogens with zero attached hydrogens (tertiary/aromatic N) is 3. The lowest BCUT2D eigenvalue weighted by molar-refractivity contribution is -0.0858. The van der Waals surface area contributed by atoms with Crippen molar-refractivity contribution in [1.29, 1.82) is 5.26 Å². The van der Waals surface area contributed by atoms with Crippen LogP contribution in [-0.4, -0.2) is 34.7 Å². The highest BCUT2D eigenvalue weighted by atomic mass is 16.5. The van der Waals surface area contributed by atoms with E-state index in [4.69, 9.17) is 10.00 Å². The summed E-state index contributed by atoms with van der Waals surface area (Å²) >= 11 is 0. The largest absolute Gasteiger partial charge is 0.370 e. The van der Waals surface area contributed by atoms with Crippen LogP contribution in [0.5, 0.6) is 0 Å². The summed E-state index contributed by atoms with van der Waals surface area (Å²) in [6.07, 6.45) is 10.2. The Morgan fingerprint density at radius 3 is 3.05 bits per heavy atom. The molecule has 0 saturated carbocycles. The molecule has 0 amide bonds. The van der Waals surface area contributed by atoms with Gasteiger partial charge in [-0.15, -0.1) is 0 Å². The van der Waals surface area contributed by atoms with Crippen LogP contribution in [-0.2, 0) is 11.3 Å². The zero-order valence-corrected chi connectivity index (χ0v) is 12.5. The summed E-state index contributed by atoms with van der Waals surface area (Å²) in [6.45, 7) is 3.16. The molecule has 1 aromatic rings. The van der Waals surface area contributed by atoms with Crippen molar-refractivity contribution in [3.63, 3.8) is 0 Å². The maximum Gasteiger partial charge on any atom is 0.0814 e. The number of likely N-dealkylation sites (tertiary alicyclic amines) is 1. The molecule has 2 fully saturated rings. The molecule has 0 unspecified atom stereocenters. The number of nitriles is 1. The Bertz CT molecular complexity index is 499. The molecule has 2 atom stereocenters. The lowest BCUT2D eigenvalue weighted by atomic mass is 9.89. The molecule has 0 N–H and O–H groups in total. The van der Waals surface area contributed by atoms with Gasteiger partial charge in [0.2, 0.25) is 0 Å². The van der Waals surface area contributed by atoms with Crippen LogP contribution in [0.4, 0.5) is 0 Å². The van der Waals surface area contributed by atoms with Crippen molar-refractivity contribution >= 4 is 0 Å². The standard InChI is InChI=1S/C17H23N3O/c18-9-1-3-16-4-8-17(21-16)7-2-12-20(14-17)13-15-5-10-19-11-6-15/h5-6,10-11,16H,1-4,7-8,12-14H2/t16-,17+/m1/s1. The number of piperidine rings is 1. The van der Waals surface area contributed by atoms with Gasteiger partial charge in [-0.25, -0.2) is 0 Å². The van der Waals surface area contributed by atoms with Gasteiger partial charge in [-0.3, -0.25) is 9.88 Å². The summed E-state index contributed by atoms with van der Waals surface area (Å²) in [5, 5.41) is 8.72. The quantitative estimate of drug-likeness (QED) is 0.853. The minimum atomic E-state index is 0.0470. The smallest absolute Gasteiger partial charge is 0.0814 e. The first-order valence-electron chi connectivity index (χ1n) is 7.96. The highest BCUT2D eigenvalue weighted by molar-refractivity contribution is 5.10. The van der Waals surface area contributed by atoms with E-state index in [1.165, 1.54) is 18.4 Å². The van der Waals surface area contributed by atoms with Crippen LogP contribution in [0.1, 0.15) is 44.1 Å². The summed E-state index contributed by atoms with van der Waals surface area (Å²) < 4.78 is 6.35. The van der Waals surface area contributed by atoms with Crippen LogP contribution in [0.2, 0.25) is 0 Å². The topological polar surface area (TPSA) is 49.2 Å². The fourth-order valence-electron chi connectivity index (χ4n) is 3.70. The van der Waals surface area contributed by atoms with Crippen molar-refractivity contribution in [1.82, 2.24) is 9.88 Å². The first kappa shape index (κ1) is 14.5. The Balaban J connectivity index is 1.57. The van der Waals surface area contributed by atoms with Crippen LogP contribution in [0.25, 0.3) is 0 Å². The molecule has 4 heteroatoms. The highest BCUT2D eigenvalue weighted by Gasteiger charge is 2.42. The van der Waals surface area contributed by atoms with Crippen molar-refractivity contribution in [3.8, 4) is 6.07 Å². The zero-order valence-electron chi connectivity index (χ0n) is 12.5. The van der Waals surface area contributed by atoms with Gasteiger partial charge in [0, 0.05) is 31.9 Å². The molecule has 0 bridgehead atoms. The maximum atomic E-state index is 8.72. The van der Waals surface area contributed by atoms with E-state index in [1.54, 1.807) is 0 Å². The summed E-state index contributed by atoms with van der Waals surface area (Å²) in [7, 11) is 0. The fraction of sp³-hybridized carbons (Fsp3) is 0.647. The van der Waals surface area contributed by atoms with Gasteiger partial charge in [0.25, 0.3) is 0 Å². The van der Waals surface area contributed by atoms with Crippen molar-refractivity contribution < 1.29 is 4.74 Å². The first-order chi connectivity index (χ1) is 10.3. The molecular weight excluding hydrogens is 262 g/mol. The van der Waals surface area contributed by atoms with Crippen LogP contribution in [0.3, 0.4) is 0 Å². The van der Waals surface area contributed by atoms with E-state index in [0.717, 1.165) is 38.9 Å². The van der Waals surface area contributed by atoms with Gasteiger partial charge >= 0.3 is 0 Å². The maximum absolute atomic E-state index is 8.72. The van der Waals surface area contributed by atoms with Crippen LogP contribution >= 0.6 is 0 Å². The Kier molecular flexibility index (Phi) is 4.52. The molecule has 2 aliphatic rings. The molecule has 1 spiro atoms. The van der Waals surface area contributed by atoms with Gasteiger partial charge in [-0.05, 0) is 56.3 Å². The van der Waals surface area contributed by atoms with Gasteiger partial charge in [-0.1, -0.05) is 0 Å². The second-order valence-corrected chi connectivity index (χ2v) is 6.33. The number of pyridine rings is 1. The molecule has 0 aromatic carbocycles. The summed E-state index contributed by atoms with van der Waals surface area (Å²) in [5.41, 5.74) is 1.37. The predicted octanol–water partition coefficient (Wildman–Crippen LogP) is 2.90. The third-order valence-electron chi connectivity index (χ3n) is 4.69. The molecule has 21 heavy (non-hydrogen) atoms. The summed E-state index contributed by atoms with van der Waals surface area (Å²) in [6, 6.07) is 6.41. The normalized spacial score (nSPS) is 29.6. The van der Waals surface area contributed by atoms with E-state index >= 15 is 0 Å². The minimum Gasteiger partial charge on any atom is -0.370 e. The molecule has 4 nitrogen and oxygen atoms in total. The molecule has 3 heterocycles. The van der Waals surface area contributed by atoms with Gasteiger partial charge in [0.15, 0.2) is 0 Å². The molecular formula is C17H23N3O. The van der Waals surface area contributed by atoms with E-state index in [-0.39, 0.29) is 5.60 Å². The lowest BCUT2D eigenvalue weighted by Gasteiger charge is -2.40. The predicted molar refractivity (Wildman–Crippen MR) is 80.4 cm³/mol. The van der Waals surface area contributed by atoms with Crippen molar-refractivity contribution in [2.24, 2.45) is 0 Å². The number of hydrogen-bond acceptors (Lipinski definition) is 4. The lowest BCUT2D eigenvalue weighted by Crippen LogP contribution is -2.47. The van der Waals surface area contributed by atoms with E-state index in [0.29, 0.717) is 12.5 Å². The van der Waals surface area contributed by atoms with Gasteiger partial charge in [-0.2, -0.15) is 5.26 Å². The second-order valence-electron chi connectivity index (χ2n) is 6.33. The average molecular weight is 285 g/mol. The summed E-state index contributed by atoms with van der Waals surface area (Å²) in [5.74, 6) is 0. The Morgan fingerprint density at radius 2 is 2.24 bits per heavy atom. The van der Waals surface area contributed by atoms with Crippen molar-refractivity contribution in [3.05, 3.63) is 30.1 Å². The number of aromatic nitrogens is 1. The third kappa shape index (κ3) is 3.61. The minimum absolute atomic E-state index is 0.0470. The molecule has 0 aliphatic carbocycles. The molecule has 1 aromatic heterocycles. The molecule has 0 radical (unpaired) electrons. The SMILES string of the molecule is N#CCC[C@@H]1CC[C@]2(CCCN(Cc3ccncc3)C2)O1. The Labute approximate surface area is 126 Å². The van der Waals surface area contributed by atoms with E-state index in [9.17, 15) is 0 Å².